The van der Waals surface area contributed by atoms with Crippen LogP contribution in [0.4, 0.5) is 0 Å². The van der Waals surface area contributed by atoms with Gasteiger partial charge in [-0.3, -0.25) is 9.59 Å². The number of hydrogen-bond acceptors (Lipinski definition) is 4. The Balaban J connectivity index is 1.45. The number of amides is 2. The Labute approximate surface area is 159 Å². The third-order valence-corrected chi connectivity index (χ3v) is 6.64. The standard InChI is InChI=1S/C20H28N2O3S/c1-19(2,3)14-5-7-15(8-6-14)25-12-11-21-18(24)16-13-26-20(4)10-9-17(23)22(16)20/h5-8,16H,9-13H2,1-4H3,(H,21,24)/t16-,20-/m0/s1. The summed E-state index contributed by atoms with van der Waals surface area (Å²) in [5, 5.41) is 2.91. The van der Waals surface area contributed by atoms with Crippen molar-refractivity contribution in [2.24, 2.45) is 0 Å². The lowest BCUT2D eigenvalue weighted by Gasteiger charge is -2.29. The van der Waals surface area contributed by atoms with Crippen molar-refractivity contribution in [3.63, 3.8) is 0 Å². The molecular weight excluding hydrogens is 348 g/mol. The fraction of sp³-hybridized carbons (Fsp3) is 0.600. The summed E-state index contributed by atoms with van der Waals surface area (Å²) in [5.74, 6) is 1.48. The molecule has 0 aromatic heterocycles. The van der Waals surface area contributed by atoms with E-state index in [-0.39, 0.29) is 28.1 Å². The molecule has 5 nitrogen and oxygen atoms in total. The van der Waals surface area contributed by atoms with E-state index in [2.05, 4.69) is 45.1 Å². The van der Waals surface area contributed by atoms with Crippen LogP contribution >= 0.6 is 11.8 Å². The molecule has 1 N–H and O–H groups in total. The van der Waals surface area contributed by atoms with Crippen LogP contribution in [0.3, 0.4) is 0 Å². The van der Waals surface area contributed by atoms with E-state index < -0.39 is 0 Å². The molecule has 26 heavy (non-hydrogen) atoms. The molecule has 2 fully saturated rings. The Hall–Kier alpha value is -1.69. The molecule has 1 aromatic carbocycles. The molecule has 0 bridgehead atoms. The van der Waals surface area contributed by atoms with Gasteiger partial charge in [0.1, 0.15) is 18.4 Å². The lowest BCUT2D eigenvalue weighted by atomic mass is 9.87. The van der Waals surface area contributed by atoms with Crippen LogP contribution in [0.1, 0.15) is 46.1 Å². The second-order valence-electron chi connectivity index (χ2n) is 8.18. The van der Waals surface area contributed by atoms with Crippen LogP contribution in [0.2, 0.25) is 0 Å². The summed E-state index contributed by atoms with van der Waals surface area (Å²) in [6.07, 6.45) is 1.37. The minimum absolute atomic E-state index is 0.0804. The SMILES string of the molecule is CC(C)(C)c1ccc(OCCNC(=O)[C@@H]2CS[C@@]3(C)CCC(=O)N23)cc1. The van der Waals surface area contributed by atoms with Crippen molar-refractivity contribution in [1.29, 1.82) is 0 Å². The molecule has 1 aromatic rings. The number of fused-ring (bicyclic) bond motifs is 1. The maximum atomic E-state index is 12.5. The minimum Gasteiger partial charge on any atom is -0.492 e. The number of hydrogen-bond donors (Lipinski definition) is 1. The molecule has 2 aliphatic rings. The molecular formula is C20H28N2O3S. The summed E-state index contributed by atoms with van der Waals surface area (Å²) in [6, 6.07) is 7.72. The van der Waals surface area contributed by atoms with E-state index in [1.165, 1.54) is 5.56 Å². The van der Waals surface area contributed by atoms with Gasteiger partial charge in [0.25, 0.3) is 0 Å². The Kier molecular flexibility index (Phi) is 5.24. The van der Waals surface area contributed by atoms with Crippen LogP contribution in [-0.2, 0) is 15.0 Å². The average Bonchev–Trinajstić information content (AvgIpc) is 3.07. The monoisotopic (exact) mass is 376 g/mol. The van der Waals surface area contributed by atoms with E-state index in [0.29, 0.717) is 25.3 Å². The Morgan fingerprint density at radius 1 is 1.35 bits per heavy atom. The normalized spacial score (nSPS) is 25.3. The maximum absolute atomic E-state index is 12.5. The highest BCUT2D eigenvalue weighted by molar-refractivity contribution is 8.01. The summed E-state index contributed by atoms with van der Waals surface area (Å²) < 4.78 is 5.71. The molecule has 2 atom stereocenters. The van der Waals surface area contributed by atoms with E-state index in [1.54, 1.807) is 16.7 Å². The first-order chi connectivity index (χ1) is 12.2. The van der Waals surface area contributed by atoms with Gasteiger partial charge in [0, 0.05) is 12.2 Å². The highest BCUT2D eigenvalue weighted by atomic mass is 32.2. The van der Waals surface area contributed by atoms with Gasteiger partial charge in [-0.25, -0.2) is 0 Å². The van der Waals surface area contributed by atoms with Crippen LogP contribution in [0, 0.1) is 0 Å². The maximum Gasteiger partial charge on any atom is 0.243 e. The first-order valence-electron chi connectivity index (χ1n) is 9.18. The van der Waals surface area contributed by atoms with E-state index in [1.807, 2.05) is 12.1 Å². The summed E-state index contributed by atoms with van der Waals surface area (Å²) >= 11 is 1.71. The molecule has 2 heterocycles. The second-order valence-corrected chi connectivity index (χ2v) is 9.68. The molecule has 0 unspecified atom stereocenters. The van der Waals surface area contributed by atoms with Gasteiger partial charge in [0.15, 0.2) is 0 Å². The highest BCUT2D eigenvalue weighted by Gasteiger charge is 2.52. The number of benzene rings is 1. The Morgan fingerprint density at radius 3 is 2.69 bits per heavy atom. The van der Waals surface area contributed by atoms with Crippen molar-refractivity contribution in [1.82, 2.24) is 10.2 Å². The minimum atomic E-state index is -0.355. The van der Waals surface area contributed by atoms with Gasteiger partial charge in [0.2, 0.25) is 11.8 Å². The number of nitrogens with zero attached hydrogens (tertiary/aromatic N) is 1. The van der Waals surface area contributed by atoms with Gasteiger partial charge in [0.05, 0.1) is 11.4 Å². The third-order valence-electron chi connectivity index (χ3n) is 5.14. The fourth-order valence-electron chi connectivity index (χ4n) is 3.53. The van der Waals surface area contributed by atoms with Gasteiger partial charge < -0.3 is 15.0 Å². The Morgan fingerprint density at radius 2 is 2.04 bits per heavy atom. The quantitative estimate of drug-likeness (QED) is 0.803. The molecule has 142 valence electrons. The van der Waals surface area contributed by atoms with Gasteiger partial charge >= 0.3 is 0 Å². The van der Waals surface area contributed by atoms with Crippen molar-refractivity contribution >= 4 is 23.6 Å². The highest BCUT2D eigenvalue weighted by Crippen LogP contribution is 2.47. The van der Waals surface area contributed by atoms with Gasteiger partial charge in [-0.15, -0.1) is 11.8 Å². The molecule has 0 radical (unpaired) electrons. The molecule has 6 heteroatoms. The van der Waals surface area contributed by atoms with E-state index >= 15 is 0 Å². The third kappa shape index (κ3) is 3.85. The molecule has 2 aliphatic heterocycles. The number of nitrogens with one attached hydrogen (secondary N) is 1. The number of rotatable bonds is 5. The van der Waals surface area contributed by atoms with Crippen LogP contribution in [0.25, 0.3) is 0 Å². The zero-order chi connectivity index (χ0) is 18.9. The van der Waals surface area contributed by atoms with Crippen LogP contribution in [-0.4, -0.2) is 46.5 Å². The molecule has 0 saturated carbocycles. The van der Waals surface area contributed by atoms with Gasteiger partial charge in [-0.1, -0.05) is 32.9 Å². The van der Waals surface area contributed by atoms with E-state index in [0.717, 1.165) is 12.2 Å². The molecule has 0 spiro atoms. The number of ether oxygens (including phenoxy) is 1. The lowest BCUT2D eigenvalue weighted by Crippen LogP contribution is -2.50. The second kappa shape index (κ2) is 7.14. The van der Waals surface area contributed by atoms with Crippen LogP contribution in [0.5, 0.6) is 5.75 Å². The number of thioether (sulfide) groups is 1. The first kappa shape index (κ1) is 19.1. The topological polar surface area (TPSA) is 58.6 Å². The van der Waals surface area contributed by atoms with Crippen molar-refractivity contribution in [2.45, 2.75) is 56.9 Å². The summed E-state index contributed by atoms with van der Waals surface area (Å²) in [5.41, 5.74) is 1.38. The Bertz CT molecular complexity index is 683. The van der Waals surface area contributed by atoms with E-state index in [9.17, 15) is 9.59 Å². The summed E-state index contributed by atoms with van der Waals surface area (Å²) in [6.45, 7) is 9.42. The smallest absolute Gasteiger partial charge is 0.243 e. The predicted molar refractivity (Wildman–Crippen MR) is 104 cm³/mol. The van der Waals surface area contributed by atoms with Crippen molar-refractivity contribution in [2.75, 3.05) is 18.9 Å². The molecule has 2 saturated heterocycles. The molecule has 3 rings (SSSR count). The van der Waals surface area contributed by atoms with Gasteiger partial charge in [-0.2, -0.15) is 0 Å². The predicted octanol–water partition coefficient (Wildman–Crippen LogP) is 2.93. The number of carbonyl (C=O) groups is 2. The summed E-state index contributed by atoms with van der Waals surface area (Å²) in [4.78, 5) is 26.1. The van der Waals surface area contributed by atoms with Crippen molar-refractivity contribution in [3.8, 4) is 5.75 Å². The van der Waals surface area contributed by atoms with Crippen molar-refractivity contribution in [3.05, 3.63) is 29.8 Å². The molecule has 0 aliphatic carbocycles. The average molecular weight is 377 g/mol. The molecule has 2 amide bonds. The fourth-order valence-corrected chi connectivity index (χ4v) is 4.96. The van der Waals surface area contributed by atoms with Crippen LogP contribution in [0.15, 0.2) is 24.3 Å². The summed E-state index contributed by atoms with van der Waals surface area (Å²) in [7, 11) is 0. The zero-order valence-corrected chi connectivity index (χ0v) is 16.8. The largest absolute Gasteiger partial charge is 0.492 e. The van der Waals surface area contributed by atoms with E-state index in [4.69, 9.17) is 4.74 Å². The lowest BCUT2D eigenvalue weighted by molar-refractivity contribution is -0.137. The van der Waals surface area contributed by atoms with Crippen molar-refractivity contribution < 1.29 is 14.3 Å². The zero-order valence-electron chi connectivity index (χ0n) is 16.0. The van der Waals surface area contributed by atoms with Gasteiger partial charge in [-0.05, 0) is 36.5 Å². The first-order valence-corrected chi connectivity index (χ1v) is 10.2. The number of carbonyl (C=O) groups excluding carboxylic acids is 2. The van der Waals surface area contributed by atoms with Crippen LogP contribution < -0.4 is 10.1 Å².